The number of nitrogens with two attached hydrogens (primary N) is 1. The molecule has 0 aliphatic carbocycles. The van der Waals surface area contributed by atoms with Crippen LogP contribution in [0.1, 0.15) is 15.9 Å². The van der Waals surface area contributed by atoms with Gasteiger partial charge in [-0.15, -0.1) is 0 Å². The average molecular weight is 312 g/mol. The Morgan fingerprint density at radius 1 is 1.13 bits per heavy atom. The van der Waals surface area contributed by atoms with Crippen LogP contribution in [0.2, 0.25) is 0 Å². The first-order valence-corrected chi connectivity index (χ1v) is 7.53. The van der Waals surface area contributed by atoms with E-state index in [4.69, 9.17) is 15.2 Å². The van der Waals surface area contributed by atoms with Crippen LogP contribution in [0, 0.1) is 6.92 Å². The van der Waals surface area contributed by atoms with Gasteiger partial charge in [0.25, 0.3) is 5.91 Å². The molecule has 3 rings (SSSR count). The molecule has 5 nitrogen and oxygen atoms in total. The minimum absolute atomic E-state index is 0.00807. The van der Waals surface area contributed by atoms with Gasteiger partial charge in [0.05, 0.1) is 20.2 Å². The normalized spacial score (nSPS) is 14.3. The molecular formula is C18H20N2O3. The summed E-state index contributed by atoms with van der Waals surface area (Å²) >= 11 is 0. The third kappa shape index (κ3) is 3.23. The van der Waals surface area contributed by atoms with Crippen LogP contribution in [0.5, 0.6) is 11.5 Å². The number of likely N-dealkylation sites (tertiary alicyclic amines) is 1. The van der Waals surface area contributed by atoms with E-state index in [1.165, 1.54) is 0 Å². The number of nitrogens with zero attached hydrogens (tertiary/aromatic N) is 1. The first-order chi connectivity index (χ1) is 11.1. The van der Waals surface area contributed by atoms with E-state index in [2.05, 4.69) is 0 Å². The van der Waals surface area contributed by atoms with E-state index in [0.717, 1.165) is 17.1 Å². The quantitative estimate of drug-likeness (QED) is 0.881. The second-order valence-corrected chi connectivity index (χ2v) is 5.70. The molecule has 1 amide bonds. The summed E-state index contributed by atoms with van der Waals surface area (Å²) in [4.78, 5) is 14.1. The number of hydrogen-bond acceptors (Lipinski definition) is 4. The fourth-order valence-electron chi connectivity index (χ4n) is 2.48. The zero-order valence-corrected chi connectivity index (χ0v) is 13.3. The maximum absolute atomic E-state index is 12.4. The molecule has 1 fully saturated rings. The molecule has 120 valence electrons. The van der Waals surface area contributed by atoms with Crippen molar-refractivity contribution < 1.29 is 14.3 Å². The van der Waals surface area contributed by atoms with Crippen LogP contribution in [0.3, 0.4) is 0 Å². The topological polar surface area (TPSA) is 64.8 Å². The van der Waals surface area contributed by atoms with E-state index in [0.29, 0.717) is 24.3 Å². The van der Waals surface area contributed by atoms with E-state index in [9.17, 15) is 4.79 Å². The van der Waals surface area contributed by atoms with Crippen LogP contribution in [0.4, 0.5) is 5.69 Å². The lowest BCUT2D eigenvalue weighted by molar-refractivity contribution is 0.0178. The van der Waals surface area contributed by atoms with Gasteiger partial charge in [0, 0.05) is 11.3 Å². The molecule has 5 heteroatoms. The number of anilines is 1. The van der Waals surface area contributed by atoms with Crippen LogP contribution >= 0.6 is 0 Å². The van der Waals surface area contributed by atoms with Gasteiger partial charge in [0.2, 0.25) is 0 Å². The predicted octanol–water partition coefficient (Wildman–Crippen LogP) is 2.49. The van der Waals surface area contributed by atoms with Crippen molar-refractivity contribution in [3.63, 3.8) is 0 Å². The van der Waals surface area contributed by atoms with Crippen molar-refractivity contribution in [3.8, 4) is 11.5 Å². The Morgan fingerprint density at radius 3 is 2.39 bits per heavy atom. The summed E-state index contributed by atoms with van der Waals surface area (Å²) in [5, 5.41) is 0. The Hall–Kier alpha value is -2.69. The molecule has 23 heavy (non-hydrogen) atoms. The summed E-state index contributed by atoms with van der Waals surface area (Å²) in [5.74, 6) is 1.56. The van der Waals surface area contributed by atoms with Crippen LogP contribution in [-0.4, -0.2) is 37.1 Å². The Morgan fingerprint density at radius 2 is 1.78 bits per heavy atom. The third-order valence-corrected chi connectivity index (χ3v) is 4.02. The number of amides is 1. The van der Waals surface area contributed by atoms with E-state index < -0.39 is 0 Å². The van der Waals surface area contributed by atoms with Crippen molar-refractivity contribution in [2.24, 2.45) is 0 Å². The number of rotatable bonds is 4. The molecule has 0 unspecified atom stereocenters. The summed E-state index contributed by atoms with van der Waals surface area (Å²) in [5.41, 5.74) is 8.11. The Balaban J connectivity index is 1.55. The largest absolute Gasteiger partial charge is 0.497 e. The van der Waals surface area contributed by atoms with Crippen molar-refractivity contribution in [2.45, 2.75) is 13.0 Å². The maximum Gasteiger partial charge on any atom is 0.254 e. The molecule has 0 bridgehead atoms. The van der Waals surface area contributed by atoms with E-state index in [1.807, 2.05) is 43.3 Å². The first kappa shape index (κ1) is 15.2. The zero-order valence-electron chi connectivity index (χ0n) is 13.3. The average Bonchev–Trinajstić information content (AvgIpc) is 2.53. The maximum atomic E-state index is 12.4. The van der Waals surface area contributed by atoms with Crippen LogP contribution in [-0.2, 0) is 0 Å². The summed E-state index contributed by atoms with van der Waals surface area (Å²) in [6.45, 7) is 3.09. The molecule has 2 aromatic rings. The molecule has 0 saturated carbocycles. The summed E-state index contributed by atoms with van der Waals surface area (Å²) in [6.07, 6.45) is 0.0233. The van der Waals surface area contributed by atoms with Gasteiger partial charge in [-0.1, -0.05) is 6.07 Å². The SMILES string of the molecule is COc1ccc(OC2CN(C(=O)c3ccc(C)c(N)c3)C2)cc1. The molecule has 0 aromatic heterocycles. The summed E-state index contributed by atoms with van der Waals surface area (Å²) in [7, 11) is 1.63. The van der Waals surface area contributed by atoms with E-state index >= 15 is 0 Å². The number of hydrogen-bond donors (Lipinski definition) is 1. The van der Waals surface area contributed by atoms with Crippen molar-refractivity contribution in [1.82, 2.24) is 4.90 Å². The molecule has 0 spiro atoms. The standard InChI is InChI=1S/C18H20N2O3/c1-12-3-4-13(9-17(12)19)18(21)20-10-16(11-20)23-15-7-5-14(22-2)6-8-15/h3-9,16H,10-11,19H2,1-2H3. The molecule has 0 atom stereocenters. The monoisotopic (exact) mass is 312 g/mol. The van der Waals surface area contributed by atoms with Crippen LogP contribution in [0.25, 0.3) is 0 Å². The van der Waals surface area contributed by atoms with Crippen LogP contribution in [0.15, 0.2) is 42.5 Å². The Bertz CT molecular complexity index is 707. The van der Waals surface area contributed by atoms with Crippen molar-refractivity contribution in [1.29, 1.82) is 0 Å². The Kier molecular flexibility index (Phi) is 4.10. The summed E-state index contributed by atoms with van der Waals surface area (Å²) < 4.78 is 10.9. The van der Waals surface area contributed by atoms with E-state index in [-0.39, 0.29) is 12.0 Å². The number of nitrogen functional groups attached to an aromatic ring is 1. The van der Waals surface area contributed by atoms with Gasteiger partial charge in [-0.3, -0.25) is 4.79 Å². The highest BCUT2D eigenvalue weighted by Crippen LogP contribution is 2.23. The second kappa shape index (κ2) is 6.20. The van der Waals surface area contributed by atoms with Crippen molar-refractivity contribution in [2.75, 3.05) is 25.9 Å². The van der Waals surface area contributed by atoms with Gasteiger partial charge in [-0.05, 0) is 48.9 Å². The highest BCUT2D eigenvalue weighted by atomic mass is 16.5. The highest BCUT2D eigenvalue weighted by molar-refractivity contribution is 5.95. The summed E-state index contributed by atoms with van der Waals surface area (Å²) in [6, 6.07) is 12.8. The zero-order chi connectivity index (χ0) is 16.4. The molecular weight excluding hydrogens is 292 g/mol. The lowest BCUT2D eigenvalue weighted by Gasteiger charge is -2.39. The number of aryl methyl sites for hydroxylation is 1. The predicted molar refractivity (Wildman–Crippen MR) is 88.9 cm³/mol. The first-order valence-electron chi connectivity index (χ1n) is 7.53. The minimum Gasteiger partial charge on any atom is -0.497 e. The van der Waals surface area contributed by atoms with Crippen molar-refractivity contribution in [3.05, 3.63) is 53.6 Å². The molecule has 1 saturated heterocycles. The Labute approximate surface area is 135 Å². The number of carbonyl (C=O) groups is 1. The number of methoxy groups -OCH3 is 1. The fourth-order valence-corrected chi connectivity index (χ4v) is 2.48. The lowest BCUT2D eigenvalue weighted by Crippen LogP contribution is -2.56. The third-order valence-electron chi connectivity index (χ3n) is 4.02. The minimum atomic E-state index is -0.00807. The van der Waals surface area contributed by atoms with Gasteiger partial charge in [0.15, 0.2) is 0 Å². The van der Waals surface area contributed by atoms with Gasteiger partial charge < -0.3 is 20.1 Å². The second-order valence-electron chi connectivity index (χ2n) is 5.70. The highest BCUT2D eigenvalue weighted by Gasteiger charge is 2.32. The van der Waals surface area contributed by atoms with Crippen molar-refractivity contribution >= 4 is 11.6 Å². The molecule has 1 aliphatic heterocycles. The lowest BCUT2D eigenvalue weighted by atomic mass is 10.1. The smallest absolute Gasteiger partial charge is 0.254 e. The van der Waals surface area contributed by atoms with Gasteiger partial charge in [-0.25, -0.2) is 0 Å². The number of carbonyl (C=O) groups excluding carboxylic acids is 1. The number of ether oxygens (including phenoxy) is 2. The fraction of sp³-hybridized carbons (Fsp3) is 0.278. The molecule has 1 heterocycles. The molecule has 2 N–H and O–H groups in total. The molecule has 2 aromatic carbocycles. The number of benzene rings is 2. The molecule has 1 aliphatic rings. The molecule has 0 radical (unpaired) electrons. The van der Waals surface area contributed by atoms with Gasteiger partial charge >= 0.3 is 0 Å². The van der Waals surface area contributed by atoms with Crippen LogP contribution < -0.4 is 15.2 Å². The van der Waals surface area contributed by atoms with E-state index in [1.54, 1.807) is 18.1 Å². The van der Waals surface area contributed by atoms with Gasteiger partial charge in [0.1, 0.15) is 17.6 Å². The van der Waals surface area contributed by atoms with Gasteiger partial charge in [-0.2, -0.15) is 0 Å².